The second-order valence-corrected chi connectivity index (χ2v) is 2.83. The molecule has 2 aromatic heterocycles. The molecule has 0 atom stereocenters. The molecule has 6 nitrogen and oxygen atoms in total. The Balaban J connectivity index is 1.97. The molecule has 0 aromatic carbocycles. The second kappa shape index (κ2) is 4.19. The lowest BCUT2D eigenvalue weighted by molar-refractivity contribution is 0.947. The molecule has 0 saturated heterocycles. The minimum atomic E-state index is 0.527. The number of hydrogen-bond acceptors (Lipinski definition) is 5. The molecule has 74 valence electrons. The fourth-order valence-electron chi connectivity index (χ4n) is 1.05. The van der Waals surface area contributed by atoms with Crippen molar-refractivity contribution < 1.29 is 0 Å². The first kappa shape index (κ1) is 9.15. The summed E-state index contributed by atoms with van der Waals surface area (Å²) in [6, 6.07) is 5.45. The average molecular weight is 200 g/mol. The predicted octanol–water partition coefficient (Wildman–Crippen LogP) is 0.683. The zero-order valence-electron chi connectivity index (χ0n) is 7.81. The van der Waals surface area contributed by atoms with Gasteiger partial charge in [-0.25, -0.2) is 9.97 Å². The van der Waals surface area contributed by atoms with E-state index in [-0.39, 0.29) is 0 Å². The molecule has 0 aliphatic carbocycles. The third kappa shape index (κ3) is 2.28. The SMILES string of the molecule is N#Cc1ccc(NCc2ncn[nH]2)nc1. The summed E-state index contributed by atoms with van der Waals surface area (Å²) in [5, 5.41) is 18.1. The summed E-state index contributed by atoms with van der Waals surface area (Å²) >= 11 is 0. The van der Waals surface area contributed by atoms with E-state index in [1.807, 2.05) is 6.07 Å². The molecular formula is C9H8N6. The van der Waals surface area contributed by atoms with Crippen LogP contribution in [0.15, 0.2) is 24.7 Å². The predicted molar refractivity (Wildman–Crippen MR) is 52.7 cm³/mol. The van der Waals surface area contributed by atoms with Crippen molar-refractivity contribution in [3.8, 4) is 6.07 Å². The average Bonchev–Trinajstić information content (AvgIpc) is 2.80. The Morgan fingerprint density at radius 2 is 2.33 bits per heavy atom. The second-order valence-electron chi connectivity index (χ2n) is 2.83. The highest BCUT2D eigenvalue weighted by atomic mass is 15.2. The topological polar surface area (TPSA) is 90.3 Å². The van der Waals surface area contributed by atoms with Gasteiger partial charge in [0.05, 0.1) is 12.1 Å². The summed E-state index contributed by atoms with van der Waals surface area (Å²) < 4.78 is 0. The first-order valence-electron chi connectivity index (χ1n) is 4.33. The summed E-state index contributed by atoms with van der Waals surface area (Å²) in [6.45, 7) is 0.527. The first-order valence-corrected chi connectivity index (χ1v) is 4.33. The zero-order chi connectivity index (χ0) is 10.5. The standard InChI is InChI=1S/C9H8N6/c10-3-7-1-2-8(11-4-7)12-5-9-13-6-14-15-9/h1-2,4,6H,5H2,(H,11,12)(H,13,14,15). The monoisotopic (exact) mass is 200 g/mol. The molecule has 0 unspecified atom stereocenters. The van der Waals surface area contributed by atoms with Gasteiger partial charge in [-0.1, -0.05) is 0 Å². The van der Waals surface area contributed by atoms with Gasteiger partial charge in [0.2, 0.25) is 0 Å². The highest BCUT2D eigenvalue weighted by Gasteiger charge is 1.97. The van der Waals surface area contributed by atoms with Crippen LogP contribution < -0.4 is 5.32 Å². The van der Waals surface area contributed by atoms with Crippen LogP contribution in [0.4, 0.5) is 5.82 Å². The van der Waals surface area contributed by atoms with Crippen molar-refractivity contribution in [2.75, 3.05) is 5.32 Å². The van der Waals surface area contributed by atoms with E-state index in [1.165, 1.54) is 12.5 Å². The van der Waals surface area contributed by atoms with Gasteiger partial charge >= 0.3 is 0 Å². The van der Waals surface area contributed by atoms with Gasteiger partial charge in [-0.2, -0.15) is 10.4 Å². The first-order chi connectivity index (χ1) is 7.38. The maximum atomic E-state index is 8.57. The van der Waals surface area contributed by atoms with Crippen molar-refractivity contribution in [1.29, 1.82) is 5.26 Å². The van der Waals surface area contributed by atoms with Gasteiger partial charge < -0.3 is 5.32 Å². The third-order valence-corrected chi connectivity index (χ3v) is 1.79. The molecule has 2 aromatic rings. The number of aromatic amines is 1. The van der Waals surface area contributed by atoms with Crippen LogP contribution >= 0.6 is 0 Å². The molecule has 15 heavy (non-hydrogen) atoms. The van der Waals surface area contributed by atoms with Crippen LogP contribution in [-0.2, 0) is 6.54 Å². The van der Waals surface area contributed by atoms with Crippen LogP contribution in [0.2, 0.25) is 0 Å². The highest BCUT2D eigenvalue weighted by Crippen LogP contribution is 2.04. The number of rotatable bonds is 3. The van der Waals surface area contributed by atoms with Crippen molar-refractivity contribution in [3.63, 3.8) is 0 Å². The maximum Gasteiger partial charge on any atom is 0.143 e. The summed E-state index contributed by atoms with van der Waals surface area (Å²) in [6.07, 6.45) is 2.96. The van der Waals surface area contributed by atoms with Crippen LogP contribution in [-0.4, -0.2) is 20.2 Å². The molecule has 0 aliphatic rings. The Morgan fingerprint density at radius 1 is 1.40 bits per heavy atom. The van der Waals surface area contributed by atoms with Gasteiger partial charge in [-0.05, 0) is 12.1 Å². The normalized spacial score (nSPS) is 9.53. The van der Waals surface area contributed by atoms with Crippen molar-refractivity contribution in [2.45, 2.75) is 6.54 Å². The van der Waals surface area contributed by atoms with Gasteiger partial charge in [0.25, 0.3) is 0 Å². The number of nitrogens with one attached hydrogen (secondary N) is 2. The van der Waals surface area contributed by atoms with E-state index in [0.717, 1.165) is 5.82 Å². The van der Waals surface area contributed by atoms with E-state index in [1.54, 1.807) is 12.1 Å². The smallest absolute Gasteiger partial charge is 0.143 e. The van der Waals surface area contributed by atoms with E-state index >= 15 is 0 Å². The summed E-state index contributed by atoms with van der Waals surface area (Å²) in [5.41, 5.74) is 0.542. The lowest BCUT2D eigenvalue weighted by atomic mass is 10.3. The van der Waals surface area contributed by atoms with E-state index in [9.17, 15) is 0 Å². The molecule has 0 saturated carbocycles. The van der Waals surface area contributed by atoms with Crippen molar-refractivity contribution in [3.05, 3.63) is 36.0 Å². The molecule has 0 bridgehead atoms. The van der Waals surface area contributed by atoms with E-state index < -0.39 is 0 Å². The Labute approximate surface area is 86.0 Å². The number of nitriles is 1. The molecular weight excluding hydrogens is 192 g/mol. The number of anilines is 1. The molecule has 0 fully saturated rings. The largest absolute Gasteiger partial charge is 0.363 e. The number of pyridine rings is 1. The lowest BCUT2D eigenvalue weighted by Crippen LogP contribution is -2.02. The van der Waals surface area contributed by atoms with E-state index in [2.05, 4.69) is 25.5 Å². The number of H-pyrrole nitrogens is 1. The molecule has 0 amide bonds. The van der Waals surface area contributed by atoms with Crippen LogP contribution in [0.25, 0.3) is 0 Å². The molecule has 6 heteroatoms. The summed E-state index contributed by atoms with van der Waals surface area (Å²) in [7, 11) is 0. The molecule has 2 rings (SSSR count). The highest BCUT2D eigenvalue weighted by molar-refractivity contribution is 5.38. The van der Waals surface area contributed by atoms with Crippen molar-refractivity contribution in [2.24, 2.45) is 0 Å². The fourth-order valence-corrected chi connectivity index (χ4v) is 1.05. The fraction of sp³-hybridized carbons (Fsp3) is 0.111. The number of nitrogens with zero attached hydrogens (tertiary/aromatic N) is 4. The van der Waals surface area contributed by atoms with E-state index in [4.69, 9.17) is 5.26 Å². The van der Waals surface area contributed by atoms with Gasteiger partial charge in [0.1, 0.15) is 24.0 Å². The zero-order valence-corrected chi connectivity index (χ0v) is 7.81. The van der Waals surface area contributed by atoms with Gasteiger partial charge in [0, 0.05) is 6.20 Å². The number of aromatic nitrogens is 4. The van der Waals surface area contributed by atoms with Gasteiger partial charge in [-0.3, -0.25) is 5.10 Å². The Kier molecular flexibility index (Phi) is 2.56. The Hall–Kier alpha value is -2.42. The summed E-state index contributed by atoms with van der Waals surface area (Å²) in [4.78, 5) is 8.01. The van der Waals surface area contributed by atoms with Crippen LogP contribution in [0, 0.1) is 11.3 Å². The molecule has 2 N–H and O–H groups in total. The van der Waals surface area contributed by atoms with Crippen molar-refractivity contribution in [1.82, 2.24) is 20.2 Å². The lowest BCUT2D eigenvalue weighted by Gasteiger charge is -2.01. The van der Waals surface area contributed by atoms with E-state index in [0.29, 0.717) is 17.9 Å². The quantitative estimate of drug-likeness (QED) is 0.760. The minimum absolute atomic E-state index is 0.527. The third-order valence-electron chi connectivity index (χ3n) is 1.79. The minimum Gasteiger partial charge on any atom is -0.363 e. The molecule has 0 radical (unpaired) electrons. The van der Waals surface area contributed by atoms with Gasteiger partial charge in [0.15, 0.2) is 0 Å². The maximum absolute atomic E-state index is 8.57. The molecule has 0 aliphatic heterocycles. The molecule has 0 spiro atoms. The Bertz CT molecular complexity index is 452. The van der Waals surface area contributed by atoms with Gasteiger partial charge in [-0.15, -0.1) is 0 Å². The van der Waals surface area contributed by atoms with Crippen molar-refractivity contribution >= 4 is 5.82 Å². The number of hydrogen-bond donors (Lipinski definition) is 2. The molecule has 2 heterocycles. The van der Waals surface area contributed by atoms with Crippen LogP contribution in [0.5, 0.6) is 0 Å². The van der Waals surface area contributed by atoms with Crippen LogP contribution in [0.3, 0.4) is 0 Å². The Morgan fingerprint density at radius 3 is 2.93 bits per heavy atom. The van der Waals surface area contributed by atoms with Crippen LogP contribution in [0.1, 0.15) is 11.4 Å². The summed E-state index contributed by atoms with van der Waals surface area (Å²) in [5.74, 6) is 1.44.